The van der Waals surface area contributed by atoms with Gasteiger partial charge in [0, 0.05) is 46.3 Å². The minimum absolute atomic E-state index is 0.282. The molecule has 1 fully saturated rings. The van der Waals surface area contributed by atoms with Gasteiger partial charge < -0.3 is 15.4 Å². The lowest BCUT2D eigenvalue weighted by Gasteiger charge is -2.32. The summed E-state index contributed by atoms with van der Waals surface area (Å²) >= 11 is 0. The number of nitrogens with zero attached hydrogens (tertiary/aromatic N) is 3. The van der Waals surface area contributed by atoms with Crippen LogP contribution in [0.4, 0.5) is 0 Å². The first-order valence-electron chi connectivity index (χ1n) is 9.70. The van der Waals surface area contributed by atoms with Crippen LogP contribution in [0.25, 0.3) is 0 Å². The average Bonchev–Trinajstić information content (AvgIpc) is 2.70. The summed E-state index contributed by atoms with van der Waals surface area (Å²) in [4.78, 5) is 7.28. The minimum Gasteiger partial charge on any atom is -0.379 e. The zero-order valence-electron chi connectivity index (χ0n) is 17.3. The van der Waals surface area contributed by atoms with Gasteiger partial charge in [0.1, 0.15) is 0 Å². The Balaban J connectivity index is 2.06. The fourth-order valence-electron chi connectivity index (χ4n) is 2.98. The second kappa shape index (κ2) is 10.8. The lowest BCUT2D eigenvalue weighted by atomic mass is 10.2. The highest BCUT2D eigenvalue weighted by Gasteiger charge is 2.21. The number of hydrogen-bond donors (Lipinski definition) is 2. The lowest BCUT2D eigenvalue weighted by Crippen LogP contribution is -2.49. The number of ether oxygens (including phenoxy) is 1. The standard InChI is InChI=1S/C19H33N5O3S/c1-5-20-19(21-14-16(2)24-10-12-27-13-11-24)22-15-17-8-6-7-9-18(17)28(25,26)23(3)4/h6-9,16H,5,10-15H2,1-4H3,(H2,20,21,22). The van der Waals surface area contributed by atoms with E-state index in [1.807, 2.05) is 13.0 Å². The highest BCUT2D eigenvalue weighted by Crippen LogP contribution is 2.19. The highest BCUT2D eigenvalue weighted by atomic mass is 32.2. The van der Waals surface area contributed by atoms with E-state index in [1.165, 1.54) is 18.4 Å². The molecule has 1 aromatic carbocycles. The monoisotopic (exact) mass is 411 g/mol. The molecule has 0 amide bonds. The maximum absolute atomic E-state index is 12.5. The summed E-state index contributed by atoms with van der Waals surface area (Å²) in [7, 11) is -0.432. The Morgan fingerprint density at radius 2 is 1.93 bits per heavy atom. The molecule has 0 spiro atoms. The van der Waals surface area contributed by atoms with Crippen LogP contribution in [0.3, 0.4) is 0 Å². The van der Waals surface area contributed by atoms with Crippen molar-refractivity contribution in [3.05, 3.63) is 29.8 Å². The number of guanidine groups is 1. The Labute approximate surface area is 169 Å². The van der Waals surface area contributed by atoms with Gasteiger partial charge in [-0.3, -0.25) is 4.90 Å². The Morgan fingerprint density at radius 1 is 1.25 bits per heavy atom. The maximum atomic E-state index is 12.5. The van der Waals surface area contributed by atoms with E-state index in [4.69, 9.17) is 4.74 Å². The molecular formula is C19H33N5O3S. The van der Waals surface area contributed by atoms with Gasteiger partial charge in [0.05, 0.1) is 24.7 Å². The molecule has 28 heavy (non-hydrogen) atoms. The molecule has 1 saturated heterocycles. The molecule has 2 N–H and O–H groups in total. The van der Waals surface area contributed by atoms with Gasteiger partial charge in [0.2, 0.25) is 10.0 Å². The molecule has 8 nitrogen and oxygen atoms in total. The molecule has 1 atom stereocenters. The average molecular weight is 412 g/mol. The molecular weight excluding hydrogens is 378 g/mol. The van der Waals surface area contributed by atoms with Gasteiger partial charge in [-0.2, -0.15) is 0 Å². The van der Waals surface area contributed by atoms with E-state index in [0.29, 0.717) is 22.5 Å². The van der Waals surface area contributed by atoms with Crippen molar-refractivity contribution in [2.45, 2.75) is 31.3 Å². The Bertz CT molecular complexity index is 746. The summed E-state index contributed by atoms with van der Waals surface area (Å²) in [5, 5.41) is 6.59. The molecule has 0 aliphatic carbocycles. The maximum Gasteiger partial charge on any atom is 0.242 e. The first-order valence-corrected chi connectivity index (χ1v) is 11.1. The third-order valence-corrected chi connectivity index (χ3v) is 6.63. The molecule has 0 aromatic heterocycles. The summed E-state index contributed by atoms with van der Waals surface area (Å²) < 4.78 is 31.7. The summed E-state index contributed by atoms with van der Waals surface area (Å²) in [6.07, 6.45) is 0. The van der Waals surface area contributed by atoms with E-state index in [1.54, 1.807) is 18.2 Å². The Hall–Kier alpha value is -1.68. The largest absolute Gasteiger partial charge is 0.379 e. The third-order valence-electron chi connectivity index (χ3n) is 4.72. The first-order chi connectivity index (χ1) is 13.4. The summed E-state index contributed by atoms with van der Waals surface area (Å²) in [6, 6.07) is 7.35. The van der Waals surface area contributed by atoms with E-state index in [9.17, 15) is 8.42 Å². The SMILES string of the molecule is CCNC(=NCc1ccccc1S(=O)(=O)N(C)C)NCC(C)N1CCOCC1. The zero-order valence-corrected chi connectivity index (χ0v) is 18.1. The fourth-order valence-corrected chi connectivity index (χ4v) is 4.09. The van der Waals surface area contributed by atoms with Crippen LogP contribution in [0.5, 0.6) is 0 Å². The van der Waals surface area contributed by atoms with Gasteiger partial charge in [-0.25, -0.2) is 17.7 Å². The van der Waals surface area contributed by atoms with Crippen LogP contribution in [0.1, 0.15) is 19.4 Å². The molecule has 9 heteroatoms. The minimum atomic E-state index is -3.50. The van der Waals surface area contributed by atoms with Crippen molar-refractivity contribution < 1.29 is 13.2 Å². The lowest BCUT2D eigenvalue weighted by molar-refractivity contribution is 0.0211. The molecule has 1 aliphatic heterocycles. The van der Waals surface area contributed by atoms with Crippen LogP contribution in [0, 0.1) is 0 Å². The molecule has 0 bridgehead atoms. The molecule has 158 valence electrons. The summed E-state index contributed by atoms with van der Waals surface area (Å²) in [5.41, 5.74) is 0.676. The Kier molecular flexibility index (Phi) is 8.68. The quantitative estimate of drug-likeness (QED) is 0.484. The van der Waals surface area contributed by atoms with Crippen molar-refractivity contribution >= 4 is 16.0 Å². The van der Waals surface area contributed by atoms with Crippen LogP contribution in [0.15, 0.2) is 34.2 Å². The van der Waals surface area contributed by atoms with E-state index in [2.05, 4.69) is 27.4 Å². The third kappa shape index (κ3) is 6.16. The second-order valence-corrected chi connectivity index (χ2v) is 9.09. The van der Waals surface area contributed by atoms with Crippen molar-refractivity contribution in [3.8, 4) is 0 Å². The zero-order chi connectivity index (χ0) is 20.6. The van der Waals surface area contributed by atoms with Crippen molar-refractivity contribution in [2.24, 2.45) is 4.99 Å². The molecule has 1 aromatic rings. The van der Waals surface area contributed by atoms with Crippen LogP contribution < -0.4 is 10.6 Å². The molecule has 1 heterocycles. The predicted molar refractivity (Wildman–Crippen MR) is 112 cm³/mol. The van der Waals surface area contributed by atoms with Crippen LogP contribution >= 0.6 is 0 Å². The van der Waals surface area contributed by atoms with E-state index >= 15 is 0 Å². The van der Waals surface area contributed by atoms with E-state index in [0.717, 1.165) is 39.4 Å². The van der Waals surface area contributed by atoms with Gasteiger partial charge >= 0.3 is 0 Å². The molecule has 0 radical (unpaired) electrons. The molecule has 1 aliphatic rings. The second-order valence-electron chi connectivity index (χ2n) is 6.97. The number of hydrogen-bond acceptors (Lipinski definition) is 5. The number of sulfonamides is 1. The van der Waals surface area contributed by atoms with Gasteiger partial charge in [0.15, 0.2) is 5.96 Å². The van der Waals surface area contributed by atoms with Crippen molar-refractivity contribution in [1.29, 1.82) is 0 Å². The summed E-state index contributed by atoms with van der Waals surface area (Å²) in [5.74, 6) is 0.680. The summed E-state index contributed by atoms with van der Waals surface area (Å²) in [6.45, 7) is 9.38. The van der Waals surface area contributed by atoms with Gasteiger partial charge in [-0.1, -0.05) is 18.2 Å². The number of morpholine rings is 1. The number of aliphatic imine (C=N–C) groups is 1. The number of rotatable bonds is 8. The number of nitrogens with one attached hydrogen (secondary N) is 2. The van der Waals surface area contributed by atoms with Crippen molar-refractivity contribution in [2.75, 3.05) is 53.5 Å². The van der Waals surface area contributed by atoms with Crippen LogP contribution in [0.2, 0.25) is 0 Å². The van der Waals surface area contributed by atoms with Gasteiger partial charge in [-0.15, -0.1) is 0 Å². The molecule has 2 rings (SSSR count). The van der Waals surface area contributed by atoms with E-state index in [-0.39, 0.29) is 6.54 Å². The fraction of sp³-hybridized carbons (Fsp3) is 0.632. The van der Waals surface area contributed by atoms with Gasteiger partial charge in [0.25, 0.3) is 0 Å². The van der Waals surface area contributed by atoms with Crippen LogP contribution in [-0.2, 0) is 21.3 Å². The topological polar surface area (TPSA) is 86.3 Å². The number of benzene rings is 1. The predicted octanol–water partition coefficient (Wildman–Crippen LogP) is 0.713. The molecule has 1 unspecified atom stereocenters. The highest BCUT2D eigenvalue weighted by molar-refractivity contribution is 7.89. The molecule has 0 saturated carbocycles. The van der Waals surface area contributed by atoms with Gasteiger partial charge in [-0.05, 0) is 25.5 Å². The normalized spacial score (nSPS) is 17.5. The van der Waals surface area contributed by atoms with Crippen LogP contribution in [-0.4, -0.2) is 83.1 Å². The van der Waals surface area contributed by atoms with E-state index < -0.39 is 10.0 Å². The Morgan fingerprint density at radius 3 is 2.57 bits per heavy atom. The first kappa shape index (κ1) is 22.6. The van der Waals surface area contributed by atoms with Crippen molar-refractivity contribution in [1.82, 2.24) is 19.8 Å². The van der Waals surface area contributed by atoms with Crippen molar-refractivity contribution in [3.63, 3.8) is 0 Å². The smallest absolute Gasteiger partial charge is 0.242 e.